The van der Waals surface area contributed by atoms with Gasteiger partial charge >= 0.3 is 0 Å². The second kappa shape index (κ2) is 6.13. The molecule has 3 N–H and O–H groups in total. The Labute approximate surface area is 144 Å². The fourth-order valence-electron chi connectivity index (χ4n) is 2.79. The summed E-state index contributed by atoms with van der Waals surface area (Å²) in [5.74, 6) is 0.964. The molecule has 0 aliphatic rings. The summed E-state index contributed by atoms with van der Waals surface area (Å²) >= 11 is 0. The average molecular weight is 329 g/mol. The van der Waals surface area contributed by atoms with Gasteiger partial charge in [0.05, 0.1) is 5.52 Å². The molecule has 0 radical (unpaired) electrons. The SMILES string of the molecule is NC(=O)c1ccccc1-c1n[nH]c2ccc(Oc3ccccc3)cc12. The van der Waals surface area contributed by atoms with Crippen molar-refractivity contribution in [2.75, 3.05) is 0 Å². The van der Waals surface area contributed by atoms with Crippen LogP contribution in [0.15, 0.2) is 72.8 Å². The highest BCUT2D eigenvalue weighted by Gasteiger charge is 2.15. The lowest BCUT2D eigenvalue weighted by atomic mass is 10.0. The number of primary amides is 1. The minimum Gasteiger partial charge on any atom is -0.457 e. The number of H-pyrrole nitrogens is 1. The van der Waals surface area contributed by atoms with E-state index in [0.29, 0.717) is 22.6 Å². The van der Waals surface area contributed by atoms with Gasteiger partial charge in [0.15, 0.2) is 0 Å². The van der Waals surface area contributed by atoms with Gasteiger partial charge in [-0.3, -0.25) is 9.89 Å². The Morgan fingerprint density at radius 1 is 0.920 bits per heavy atom. The molecule has 5 nitrogen and oxygen atoms in total. The van der Waals surface area contributed by atoms with E-state index in [4.69, 9.17) is 10.5 Å². The minimum atomic E-state index is -0.483. The smallest absolute Gasteiger partial charge is 0.249 e. The van der Waals surface area contributed by atoms with Gasteiger partial charge in [-0.2, -0.15) is 5.10 Å². The van der Waals surface area contributed by atoms with E-state index >= 15 is 0 Å². The molecule has 0 saturated heterocycles. The Balaban J connectivity index is 1.81. The van der Waals surface area contributed by atoms with E-state index in [-0.39, 0.29) is 0 Å². The number of nitrogens with one attached hydrogen (secondary N) is 1. The lowest BCUT2D eigenvalue weighted by Crippen LogP contribution is -2.12. The Morgan fingerprint density at radius 3 is 2.48 bits per heavy atom. The van der Waals surface area contributed by atoms with Crippen molar-refractivity contribution >= 4 is 16.8 Å². The van der Waals surface area contributed by atoms with Crippen LogP contribution in [0.1, 0.15) is 10.4 Å². The first-order valence-corrected chi connectivity index (χ1v) is 7.82. The van der Waals surface area contributed by atoms with Crippen LogP contribution in [0.3, 0.4) is 0 Å². The van der Waals surface area contributed by atoms with Crippen molar-refractivity contribution in [2.24, 2.45) is 5.73 Å². The molecule has 0 unspecified atom stereocenters. The zero-order chi connectivity index (χ0) is 17.2. The summed E-state index contributed by atoms with van der Waals surface area (Å²) in [6.45, 7) is 0. The third kappa shape index (κ3) is 2.83. The molecule has 4 rings (SSSR count). The zero-order valence-electron chi connectivity index (χ0n) is 13.3. The molecular formula is C20H15N3O2. The summed E-state index contributed by atoms with van der Waals surface area (Å²) in [6, 6.07) is 22.4. The van der Waals surface area contributed by atoms with Gasteiger partial charge in [0.2, 0.25) is 5.91 Å². The maximum absolute atomic E-state index is 11.7. The van der Waals surface area contributed by atoms with Crippen LogP contribution in [0.5, 0.6) is 11.5 Å². The highest BCUT2D eigenvalue weighted by Crippen LogP contribution is 2.32. The second-order valence-corrected chi connectivity index (χ2v) is 5.60. The van der Waals surface area contributed by atoms with Crippen LogP contribution in [-0.2, 0) is 0 Å². The van der Waals surface area contributed by atoms with Crippen LogP contribution in [-0.4, -0.2) is 16.1 Å². The Bertz CT molecular complexity index is 1050. The largest absolute Gasteiger partial charge is 0.457 e. The number of nitrogens with zero attached hydrogens (tertiary/aromatic N) is 1. The molecule has 122 valence electrons. The molecule has 3 aromatic carbocycles. The molecule has 0 bridgehead atoms. The van der Waals surface area contributed by atoms with Crippen molar-refractivity contribution in [3.63, 3.8) is 0 Å². The van der Waals surface area contributed by atoms with Crippen molar-refractivity contribution in [2.45, 2.75) is 0 Å². The van der Waals surface area contributed by atoms with E-state index in [0.717, 1.165) is 16.7 Å². The number of carbonyl (C=O) groups is 1. The van der Waals surface area contributed by atoms with Crippen molar-refractivity contribution < 1.29 is 9.53 Å². The fourth-order valence-corrected chi connectivity index (χ4v) is 2.79. The number of hydrogen-bond acceptors (Lipinski definition) is 3. The molecular weight excluding hydrogens is 314 g/mol. The monoisotopic (exact) mass is 329 g/mol. The van der Waals surface area contributed by atoms with Gasteiger partial charge in [-0.25, -0.2) is 0 Å². The number of aromatic nitrogens is 2. The average Bonchev–Trinajstić information content (AvgIpc) is 3.05. The van der Waals surface area contributed by atoms with Crippen molar-refractivity contribution in [3.8, 4) is 22.8 Å². The van der Waals surface area contributed by atoms with Gasteiger partial charge in [0.25, 0.3) is 0 Å². The maximum Gasteiger partial charge on any atom is 0.249 e. The van der Waals surface area contributed by atoms with E-state index < -0.39 is 5.91 Å². The molecule has 25 heavy (non-hydrogen) atoms. The third-order valence-corrected chi connectivity index (χ3v) is 3.96. The fraction of sp³-hybridized carbons (Fsp3) is 0. The third-order valence-electron chi connectivity index (χ3n) is 3.96. The zero-order valence-corrected chi connectivity index (χ0v) is 13.3. The van der Waals surface area contributed by atoms with Gasteiger partial charge in [-0.1, -0.05) is 36.4 Å². The van der Waals surface area contributed by atoms with Gasteiger partial charge in [-0.05, 0) is 36.4 Å². The summed E-state index contributed by atoms with van der Waals surface area (Å²) in [5.41, 5.74) is 8.15. The van der Waals surface area contributed by atoms with Crippen LogP contribution >= 0.6 is 0 Å². The Kier molecular flexibility index (Phi) is 3.67. The number of hydrogen-bond donors (Lipinski definition) is 2. The summed E-state index contributed by atoms with van der Waals surface area (Å²) in [6.07, 6.45) is 0. The molecule has 0 spiro atoms. The van der Waals surface area contributed by atoms with Gasteiger partial charge < -0.3 is 10.5 Å². The summed E-state index contributed by atoms with van der Waals surface area (Å²) < 4.78 is 5.89. The van der Waals surface area contributed by atoms with Gasteiger partial charge in [0.1, 0.15) is 17.2 Å². The number of benzene rings is 3. The van der Waals surface area contributed by atoms with Crippen molar-refractivity contribution in [1.82, 2.24) is 10.2 Å². The first-order valence-electron chi connectivity index (χ1n) is 7.82. The van der Waals surface area contributed by atoms with Crippen molar-refractivity contribution in [1.29, 1.82) is 0 Å². The van der Waals surface area contributed by atoms with E-state index in [1.807, 2.05) is 60.7 Å². The number of carbonyl (C=O) groups excluding carboxylic acids is 1. The van der Waals surface area contributed by atoms with Crippen LogP contribution in [0.2, 0.25) is 0 Å². The number of fused-ring (bicyclic) bond motifs is 1. The number of aromatic amines is 1. The quantitative estimate of drug-likeness (QED) is 0.591. The topological polar surface area (TPSA) is 81.0 Å². The molecule has 0 saturated carbocycles. The van der Waals surface area contributed by atoms with E-state index in [1.165, 1.54) is 0 Å². The van der Waals surface area contributed by atoms with E-state index in [1.54, 1.807) is 12.1 Å². The summed E-state index contributed by atoms with van der Waals surface area (Å²) in [5, 5.41) is 8.22. The second-order valence-electron chi connectivity index (χ2n) is 5.60. The number of amides is 1. The molecule has 0 atom stereocenters. The van der Waals surface area contributed by atoms with Crippen LogP contribution in [0.25, 0.3) is 22.2 Å². The molecule has 1 aromatic heterocycles. The summed E-state index contributed by atoms with van der Waals surface area (Å²) in [4.78, 5) is 11.7. The van der Waals surface area contributed by atoms with Crippen LogP contribution in [0.4, 0.5) is 0 Å². The molecule has 1 amide bonds. The molecule has 4 aromatic rings. The van der Waals surface area contributed by atoms with E-state index in [9.17, 15) is 4.79 Å². The standard InChI is InChI=1S/C20H15N3O2/c21-20(24)16-9-5-4-8-15(16)19-17-12-14(10-11-18(17)22-23-19)25-13-6-2-1-3-7-13/h1-12H,(H2,21,24)(H,22,23). The molecule has 0 aliphatic heterocycles. The first kappa shape index (κ1) is 15.0. The lowest BCUT2D eigenvalue weighted by molar-refractivity contribution is 0.100. The molecule has 1 heterocycles. The number of para-hydroxylation sites is 1. The molecule has 0 fully saturated rings. The van der Waals surface area contributed by atoms with Gasteiger partial charge in [0, 0.05) is 16.5 Å². The molecule has 5 heteroatoms. The lowest BCUT2D eigenvalue weighted by Gasteiger charge is -2.07. The van der Waals surface area contributed by atoms with Crippen LogP contribution in [0, 0.1) is 0 Å². The summed E-state index contributed by atoms with van der Waals surface area (Å²) in [7, 11) is 0. The number of ether oxygens (including phenoxy) is 1. The Morgan fingerprint density at radius 2 is 1.68 bits per heavy atom. The predicted molar refractivity (Wildman–Crippen MR) is 96.6 cm³/mol. The highest BCUT2D eigenvalue weighted by molar-refractivity contribution is 6.04. The normalized spacial score (nSPS) is 10.7. The van der Waals surface area contributed by atoms with Crippen LogP contribution < -0.4 is 10.5 Å². The number of rotatable bonds is 4. The molecule has 0 aliphatic carbocycles. The Hall–Kier alpha value is -3.60. The predicted octanol–water partition coefficient (Wildman–Crippen LogP) is 4.12. The van der Waals surface area contributed by atoms with E-state index in [2.05, 4.69) is 10.2 Å². The minimum absolute atomic E-state index is 0.435. The highest BCUT2D eigenvalue weighted by atomic mass is 16.5. The van der Waals surface area contributed by atoms with Crippen molar-refractivity contribution in [3.05, 3.63) is 78.4 Å². The maximum atomic E-state index is 11.7. The number of nitrogens with two attached hydrogens (primary N) is 1. The van der Waals surface area contributed by atoms with Gasteiger partial charge in [-0.15, -0.1) is 0 Å². The first-order chi connectivity index (χ1) is 12.2.